The molecule has 5 rings (SSSR count). The monoisotopic (exact) mass is 472 g/mol. The smallest absolute Gasteiger partial charge is 0.282 e. The average Bonchev–Trinajstić information content (AvgIpc) is 3.32. The minimum absolute atomic E-state index is 0.0280. The van der Waals surface area contributed by atoms with Crippen molar-refractivity contribution < 1.29 is 28.0 Å². The topological polar surface area (TPSA) is 131 Å². The molecule has 3 aliphatic heterocycles. The molecular weight excluding hydrogens is 450 g/mol. The Morgan fingerprint density at radius 1 is 1.03 bits per heavy atom. The Morgan fingerprint density at radius 2 is 1.74 bits per heavy atom. The van der Waals surface area contributed by atoms with E-state index in [2.05, 4.69) is 10.4 Å². The largest absolute Gasteiger partial charge is 0.396 e. The van der Waals surface area contributed by atoms with Gasteiger partial charge in [-0.1, -0.05) is 0 Å². The van der Waals surface area contributed by atoms with E-state index in [1.54, 1.807) is 18.2 Å². The Hall–Kier alpha value is -3.83. The van der Waals surface area contributed by atoms with Crippen LogP contribution in [0.25, 0.3) is 0 Å². The Morgan fingerprint density at radius 3 is 2.41 bits per heavy atom. The molecule has 34 heavy (non-hydrogen) atoms. The fourth-order valence-corrected chi connectivity index (χ4v) is 4.93. The van der Waals surface area contributed by atoms with E-state index in [1.807, 2.05) is 4.90 Å². The van der Waals surface area contributed by atoms with Gasteiger partial charge in [-0.2, -0.15) is 5.10 Å². The van der Waals surface area contributed by atoms with Gasteiger partial charge in [0.1, 0.15) is 11.7 Å². The molecule has 3 N–H and O–H groups in total. The maximum Gasteiger partial charge on any atom is 0.282 e. The van der Waals surface area contributed by atoms with Crippen LogP contribution < -0.4 is 16.0 Å². The van der Waals surface area contributed by atoms with Gasteiger partial charge in [-0.3, -0.25) is 34.1 Å². The number of anilines is 2. The van der Waals surface area contributed by atoms with E-state index in [0.717, 1.165) is 10.6 Å². The molecule has 4 heterocycles. The van der Waals surface area contributed by atoms with Crippen molar-refractivity contribution in [3.63, 3.8) is 0 Å². The summed E-state index contributed by atoms with van der Waals surface area (Å²) in [6.45, 7) is 1.07. The summed E-state index contributed by atoms with van der Waals surface area (Å²) in [5.74, 6) is -2.21. The van der Waals surface area contributed by atoms with Crippen molar-refractivity contribution in [2.45, 2.75) is 44.2 Å². The number of alkyl halides is 2. The molecule has 0 saturated carbocycles. The zero-order chi connectivity index (χ0) is 24.1. The van der Waals surface area contributed by atoms with E-state index in [9.17, 15) is 28.0 Å². The van der Waals surface area contributed by atoms with Crippen molar-refractivity contribution in [3.8, 4) is 0 Å². The summed E-state index contributed by atoms with van der Waals surface area (Å²) in [7, 11) is 0. The summed E-state index contributed by atoms with van der Waals surface area (Å²) in [5.41, 5.74) is 6.48. The minimum Gasteiger partial charge on any atom is -0.396 e. The average molecular weight is 472 g/mol. The zero-order valence-corrected chi connectivity index (χ0v) is 18.0. The second-order valence-electron chi connectivity index (χ2n) is 8.63. The van der Waals surface area contributed by atoms with Crippen LogP contribution in [-0.2, 0) is 9.59 Å². The van der Waals surface area contributed by atoms with Crippen LogP contribution in [0.5, 0.6) is 0 Å². The molecule has 2 aromatic rings. The van der Waals surface area contributed by atoms with Crippen molar-refractivity contribution in [1.82, 2.24) is 20.0 Å². The summed E-state index contributed by atoms with van der Waals surface area (Å²) in [4.78, 5) is 52.5. The highest BCUT2D eigenvalue weighted by atomic mass is 19.3. The highest BCUT2D eigenvalue weighted by molar-refractivity contribution is 6.23. The highest BCUT2D eigenvalue weighted by Crippen LogP contribution is 2.35. The van der Waals surface area contributed by atoms with E-state index in [1.165, 1.54) is 10.9 Å². The number of amides is 4. The van der Waals surface area contributed by atoms with E-state index >= 15 is 0 Å². The predicted molar refractivity (Wildman–Crippen MR) is 115 cm³/mol. The number of carbonyl (C=O) groups is 4. The third kappa shape index (κ3) is 3.49. The molecule has 4 amide bonds. The summed E-state index contributed by atoms with van der Waals surface area (Å²) < 4.78 is 28.0. The lowest BCUT2D eigenvalue weighted by Gasteiger charge is -2.34. The second kappa shape index (κ2) is 8.19. The van der Waals surface area contributed by atoms with Crippen LogP contribution in [0.2, 0.25) is 0 Å². The first-order valence-corrected chi connectivity index (χ1v) is 11.0. The second-order valence-corrected chi connectivity index (χ2v) is 8.63. The highest BCUT2D eigenvalue weighted by Gasteiger charge is 2.44. The number of fused-ring (bicyclic) bond motifs is 1. The number of hydrogen-bond acceptors (Lipinski definition) is 7. The molecule has 1 unspecified atom stereocenters. The van der Waals surface area contributed by atoms with Gasteiger partial charge in [0.05, 0.1) is 29.1 Å². The third-order valence-electron chi connectivity index (χ3n) is 6.67. The van der Waals surface area contributed by atoms with Gasteiger partial charge < -0.3 is 10.6 Å². The van der Waals surface area contributed by atoms with Crippen LogP contribution in [0.1, 0.15) is 64.6 Å². The maximum atomic E-state index is 13.4. The number of nitrogens with zero attached hydrogens (tertiary/aromatic N) is 4. The number of piperidine rings is 2. The zero-order valence-electron chi connectivity index (χ0n) is 18.0. The van der Waals surface area contributed by atoms with Crippen LogP contribution in [0.15, 0.2) is 24.4 Å². The molecule has 2 saturated heterocycles. The van der Waals surface area contributed by atoms with Gasteiger partial charge in [-0.25, -0.2) is 8.78 Å². The summed E-state index contributed by atoms with van der Waals surface area (Å²) in [6, 6.07) is 3.67. The summed E-state index contributed by atoms with van der Waals surface area (Å²) in [6.07, 6.45) is -0.229. The molecule has 12 heteroatoms. The number of benzene rings is 1. The Kier molecular flexibility index (Phi) is 5.29. The SMILES string of the molecule is Nc1cnn(C2CCN(c3ccc4c(c3)C(=O)N(C3CCC(=O)NC3=O)C4=O)CC2)c1C(F)F. The minimum atomic E-state index is -2.71. The molecule has 0 aliphatic carbocycles. The molecule has 10 nitrogen and oxygen atoms in total. The number of hydrogen-bond donors (Lipinski definition) is 2. The van der Waals surface area contributed by atoms with Gasteiger partial charge in [0.15, 0.2) is 0 Å². The van der Waals surface area contributed by atoms with Crippen LogP contribution in [-0.4, -0.2) is 57.4 Å². The standard InChI is InChI=1S/C22H22F2N6O4/c23-19(24)18-15(25)10-26-30(18)11-5-7-28(8-6-11)12-1-2-13-14(9-12)22(34)29(21(13)33)16-3-4-17(31)27-20(16)32/h1-2,9-11,16,19H,3-8,25H2,(H,27,31,32). The summed E-state index contributed by atoms with van der Waals surface area (Å²) >= 11 is 0. The lowest BCUT2D eigenvalue weighted by molar-refractivity contribution is -0.136. The van der Waals surface area contributed by atoms with Gasteiger partial charge in [-0.15, -0.1) is 0 Å². The van der Waals surface area contributed by atoms with Crippen LogP contribution in [0, 0.1) is 0 Å². The van der Waals surface area contributed by atoms with Gasteiger partial charge in [0.25, 0.3) is 18.2 Å². The number of rotatable bonds is 4. The molecule has 0 radical (unpaired) electrons. The molecular formula is C22H22F2N6O4. The number of aromatic nitrogens is 2. The van der Waals surface area contributed by atoms with Crippen molar-refractivity contribution in [3.05, 3.63) is 41.2 Å². The van der Waals surface area contributed by atoms with Crippen molar-refractivity contribution in [2.24, 2.45) is 0 Å². The van der Waals surface area contributed by atoms with Crippen LogP contribution in [0.3, 0.4) is 0 Å². The van der Waals surface area contributed by atoms with E-state index in [-0.39, 0.29) is 41.4 Å². The van der Waals surface area contributed by atoms with Crippen molar-refractivity contribution in [1.29, 1.82) is 0 Å². The number of halogens is 2. The lowest BCUT2D eigenvalue weighted by Crippen LogP contribution is -2.54. The molecule has 1 aromatic carbocycles. The van der Waals surface area contributed by atoms with Crippen molar-refractivity contribution in [2.75, 3.05) is 23.7 Å². The molecule has 1 aromatic heterocycles. The molecule has 3 aliphatic rings. The van der Waals surface area contributed by atoms with E-state index < -0.39 is 36.1 Å². The van der Waals surface area contributed by atoms with Crippen LogP contribution in [0.4, 0.5) is 20.2 Å². The quantitative estimate of drug-likeness (QED) is 0.647. The molecule has 178 valence electrons. The molecule has 0 spiro atoms. The fourth-order valence-electron chi connectivity index (χ4n) is 4.93. The first kappa shape index (κ1) is 22.0. The van der Waals surface area contributed by atoms with Gasteiger partial charge in [-0.05, 0) is 37.5 Å². The Bertz CT molecular complexity index is 1200. The Balaban J connectivity index is 1.32. The molecule has 0 bridgehead atoms. The van der Waals surface area contributed by atoms with E-state index in [4.69, 9.17) is 5.73 Å². The van der Waals surface area contributed by atoms with Crippen LogP contribution >= 0.6 is 0 Å². The van der Waals surface area contributed by atoms with Gasteiger partial charge >= 0.3 is 0 Å². The molecule has 2 fully saturated rings. The lowest BCUT2D eigenvalue weighted by atomic mass is 10.0. The van der Waals surface area contributed by atoms with Gasteiger partial charge in [0, 0.05) is 25.2 Å². The number of imide groups is 2. The predicted octanol–water partition coefficient (Wildman–Crippen LogP) is 1.65. The first-order valence-electron chi connectivity index (χ1n) is 11.0. The fraction of sp³-hybridized carbons (Fsp3) is 0.409. The van der Waals surface area contributed by atoms with Crippen molar-refractivity contribution >= 4 is 35.0 Å². The van der Waals surface area contributed by atoms with Gasteiger partial charge in [0.2, 0.25) is 11.8 Å². The Labute approximate surface area is 192 Å². The molecule has 1 atom stereocenters. The normalized spacial score (nSPS) is 21.4. The van der Waals surface area contributed by atoms with E-state index in [0.29, 0.717) is 25.9 Å². The number of carbonyl (C=O) groups excluding carboxylic acids is 4. The first-order chi connectivity index (χ1) is 16.3. The number of nitrogens with one attached hydrogen (secondary N) is 1. The maximum absolute atomic E-state index is 13.4. The number of nitrogen functional groups attached to an aromatic ring is 1. The third-order valence-corrected chi connectivity index (χ3v) is 6.67. The number of nitrogens with two attached hydrogens (primary N) is 1. The summed E-state index contributed by atoms with van der Waals surface area (Å²) in [5, 5.41) is 6.21.